The van der Waals surface area contributed by atoms with Crippen LogP contribution in [0.1, 0.15) is 48.5 Å². The van der Waals surface area contributed by atoms with E-state index in [-0.39, 0.29) is 34.0 Å². The summed E-state index contributed by atoms with van der Waals surface area (Å²) in [5.41, 5.74) is 1.00. The molecule has 0 aliphatic rings. The van der Waals surface area contributed by atoms with Crippen LogP contribution in [0.5, 0.6) is 0 Å². The monoisotopic (exact) mass is 634 g/mol. The second-order valence-electron chi connectivity index (χ2n) is 10.3. The maximum Gasteiger partial charge on any atom is 0.416 e. The number of alkyl halides is 3. The molecule has 2 amide bonds. The van der Waals surface area contributed by atoms with Crippen LogP contribution in [-0.4, -0.2) is 29.8 Å². The number of halogens is 3. The molecule has 0 aliphatic carbocycles. The number of rotatable bonds is 10. The summed E-state index contributed by atoms with van der Waals surface area (Å²) in [6.07, 6.45) is -2.28. The molecule has 0 atom stereocenters. The molecule has 1 heterocycles. The molecular formula is C33H29F3N4O4S. The number of amides is 2. The number of imidazole rings is 1. The summed E-state index contributed by atoms with van der Waals surface area (Å²) in [7, 11) is -4.28. The van der Waals surface area contributed by atoms with Crippen molar-refractivity contribution in [1.29, 1.82) is 0 Å². The lowest BCUT2D eigenvalue weighted by atomic mass is 10.1. The summed E-state index contributed by atoms with van der Waals surface area (Å²) in [6, 6.07) is 24.0. The number of carbonyl (C=O) groups is 2. The van der Waals surface area contributed by atoms with E-state index in [0.717, 1.165) is 25.0 Å². The number of nitrogens with one attached hydrogen (secondary N) is 2. The van der Waals surface area contributed by atoms with Crippen LogP contribution in [0, 0.1) is 0 Å². The first-order valence-electron chi connectivity index (χ1n) is 14.2. The lowest BCUT2D eigenvalue weighted by molar-refractivity contribution is -0.137. The van der Waals surface area contributed by atoms with E-state index in [1.807, 2.05) is 6.92 Å². The highest BCUT2D eigenvalue weighted by Gasteiger charge is 2.31. The molecule has 45 heavy (non-hydrogen) atoms. The molecule has 0 aliphatic heterocycles. The van der Waals surface area contributed by atoms with E-state index in [1.165, 1.54) is 42.5 Å². The number of para-hydroxylation sites is 2. The molecule has 0 saturated carbocycles. The number of unbranched alkanes of at least 4 members (excludes halogenated alkanes) is 2. The molecule has 0 bridgehead atoms. The van der Waals surface area contributed by atoms with Gasteiger partial charge in [0.2, 0.25) is 5.91 Å². The number of hydrogen-bond donors (Lipinski definition) is 2. The zero-order valence-corrected chi connectivity index (χ0v) is 25.0. The standard InChI is InChI=1S/C33H29F3N4O4S/c1-2-3-5-17-30(41)39-45(43,44)29-16-9-8-15-27(29)38-32(42)23-18-19-26-28(21-23)40(25-13-6-4-7-14-25)31(37-26)22-11-10-12-24(20-22)33(34,35)36/h4,6-16,18-21H,2-3,5,17H2,1H3,(H,38,42)(H,39,41). The van der Waals surface area contributed by atoms with Gasteiger partial charge in [-0.05, 0) is 61.0 Å². The fraction of sp³-hybridized carbons (Fsp3) is 0.182. The Balaban J connectivity index is 1.51. The van der Waals surface area contributed by atoms with E-state index in [1.54, 1.807) is 47.0 Å². The van der Waals surface area contributed by atoms with Crippen LogP contribution in [0.4, 0.5) is 18.9 Å². The van der Waals surface area contributed by atoms with Gasteiger partial charge in [0.15, 0.2) is 0 Å². The fourth-order valence-electron chi connectivity index (χ4n) is 4.87. The molecule has 1 aromatic heterocycles. The fourth-order valence-corrected chi connectivity index (χ4v) is 6.05. The van der Waals surface area contributed by atoms with Gasteiger partial charge in [0.1, 0.15) is 10.7 Å². The number of fused-ring (bicyclic) bond motifs is 1. The van der Waals surface area contributed by atoms with Gasteiger partial charge in [0.05, 0.1) is 22.3 Å². The van der Waals surface area contributed by atoms with Crippen LogP contribution in [0.15, 0.2) is 102 Å². The van der Waals surface area contributed by atoms with Crippen molar-refractivity contribution in [3.05, 3.63) is 108 Å². The molecule has 0 fully saturated rings. The lowest BCUT2D eigenvalue weighted by Gasteiger charge is -2.13. The van der Waals surface area contributed by atoms with Gasteiger partial charge in [-0.3, -0.25) is 14.2 Å². The molecule has 0 saturated heterocycles. The van der Waals surface area contributed by atoms with Crippen molar-refractivity contribution < 1.29 is 31.2 Å². The number of aromatic nitrogens is 2. The van der Waals surface area contributed by atoms with E-state index in [4.69, 9.17) is 0 Å². The first-order chi connectivity index (χ1) is 21.5. The van der Waals surface area contributed by atoms with Crippen LogP contribution in [0.2, 0.25) is 0 Å². The highest BCUT2D eigenvalue weighted by Crippen LogP contribution is 2.34. The second kappa shape index (κ2) is 12.9. The quantitative estimate of drug-likeness (QED) is 0.156. The van der Waals surface area contributed by atoms with Gasteiger partial charge in [-0.25, -0.2) is 18.1 Å². The summed E-state index contributed by atoms with van der Waals surface area (Å²) in [5, 5.41) is 2.62. The number of benzene rings is 4. The summed E-state index contributed by atoms with van der Waals surface area (Å²) >= 11 is 0. The van der Waals surface area contributed by atoms with Gasteiger partial charge >= 0.3 is 6.18 Å². The number of anilines is 1. The molecule has 12 heteroatoms. The topological polar surface area (TPSA) is 110 Å². The smallest absolute Gasteiger partial charge is 0.321 e. The Kier molecular flexibility index (Phi) is 9.05. The molecule has 8 nitrogen and oxygen atoms in total. The van der Waals surface area contributed by atoms with E-state index in [0.29, 0.717) is 23.1 Å². The second-order valence-corrected chi connectivity index (χ2v) is 12.0. The van der Waals surface area contributed by atoms with Crippen LogP contribution < -0.4 is 10.0 Å². The average Bonchev–Trinajstić information content (AvgIpc) is 3.40. The molecule has 0 unspecified atom stereocenters. The average molecular weight is 635 g/mol. The van der Waals surface area contributed by atoms with Gasteiger partial charge in [0.25, 0.3) is 15.9 Å². The van der Waals surface area contributed by atoms with Crippen molar-refractivity contribution in [1.82, 2.24) is 14.3 Å². The number of nitrogens with zero attached hydrogens (tertiary/aromatic N) is 2. The Labute approximate surface area is 258 Å². The van der Waals surface area contributed by atoms with Crippen LogP contribution in [0.25, 0.3) is 28.1 Å². The SMILES string of the molecule is CCCCCC(=O)NS(=O)(=O)c1ccccc1NC(=O)c1ccc2nc(-c3cccc(C(F)(F)F)c3)n(-c3ccccc3)c2c1. The maximum absolute atomic E-state index is 13.5. The van der Waals surface area contributed by atoms with E-state index < -0.39 is 33.6 Å². The zero-order valence-electron chi connectivity index (χ0n) is 24.1. The Morgan fingerprint density at radius 3 is 2.33 bits per heavy atom. The highest BCUT2D eigenvalue weighted by molar-refractivity contribution is 7.90. The zero-order chi connectivity index (χ0) is 32.2. The van der Waals surface area contributed by atoms with E-state index in [2.05, 4.69) is 15.0 Å². The normalized spacial score (nSPS) is 11.8. The van der Waals surface area contributed by atoms with Crippen molar-refractivity contribution in [2.75, 3.05) is 5.32 Å². The third kappa shape index (κ3) is 7.07. The first kappa shape index (κ1) is 31.5. The van der Waals surface area contributed by atoms with Crippen LogP contribution >= 0.6 is 0 Å². The number of hydrogen-bond acceptors (Lipinski definition) is 5. The van der Waals surface area contributed by atoms with Crippen molar-refractivity contribution in [2.24, 2.45) is 0 Å². The number of sulfonamides is 1. The Morgan fingerprint density at radius 2 is 1.60 bits per heavy atom. The molecule has 232 valence electrons. The molecule has 5 rings (SSSR count). The molecule has 0 spiro atoms. The third-order valence-corrected chi connectivity index (χ3v) is 8.49. The van der Waals surface area contributed by atoms with Crippen molar-refractivity contribution >= 4 is 38.6 Å². The first-order valence-corrected chi connectivity index (χ1v) is 15.7. The minimum Gasteiger partial charge on any atom is -0.321 e. The van der Waals surface area contributed by atoms with Crippen molar-refractivity contribution in [3.63, 3.8) is 0 Å². The lowest BCUT2D eigenvalue weighted by Crippen LogP contribution is -2.31. The molecule has 2 N–H and O–H groups in total. The third-order valence-electron chi connectivity index (χ3n) is 7.06. The summed E-state index contributed by atoms with van der Waals surface area (Å²) in [5.74, 6) is -1.04. The minimum atomic E-state index is -4.55. The largest absolute Gasteiger partial charge is 0.416 e. The van der Waals surface area contributed by atoms with E-state index in [9.17, 15) is 31.2 Å². The molecular weight excluding hydrogens is 605 g/mol. The van der Waals surface area contributed by atoms with E-state index >= 15 is 0 Å². The Morgan fingerprint density at radius 1 is 0.867 bits per heavy atom. The Hall–Kier alpha value is -4.97. The highest BCUT2D eigenvalue weighted by atomic mass is 32.2. The minimum absolute atomic E-state index is 0.0299. The van der Waals surface area contributed by atoms with Gasteiger partial charge < -0.3 is 5.32 Å². The predicted octanol–water partition coefficient (Wildman–Crippen LogP) is 7.35. The molecule has 4 aromatic carbocycles. The van der Waals surface area contributed by atoms with Crippen LogP contribution in [0.3, 0.4) is 0 Å². The van der Waals surface area contributed by atoms with Gasteiger partial charge in [-0.1, -0.05) is 62.2 Å². The summed E-state index contributed by atoms with van der Waals surface area (Å²) < 4.78 is 70.4. The summed E-state index contributed by atoms with van der Waals surface area (Å²) in [6.45, 7) is 1.97. The van der Waals surface area contributed by atoms with Crippen molar-refractivity contribution in [3.8, 4) is 17.1 Å². The predicted molar refractivity (Wildman–Crippen MR) is 165 cm³/mol. The van der Waals surface area contributed by atoms with Gasteiger partial charge in [-0.15, -0.1) is 0 Å². The molecule has 5 aromatic rings. The molecule has 0 radical (unpaired) electrons. The van der Waals surface area contributed by atoms with Crippen molar-refractivity contribution in [2.45, 2.75) is 43.7 Å². The van der Waals surface area contributed by atoms with Gasteiger partial charge in [-0.2, -0.15) is 13.2 Å². The summed E-state index contributed by atoms with van der Waals surface area (Å²) in [4.78, 5) is 30.1. The van der Waals surface area contributed by atoms with Gasteiger partial charge in [0, 0.05) is 23.2 Å². The van der Waals surface area contributed by atoms with Crippen LogP contribution in [-0.2, 0) is 21.0 Å². The number of carbonyl (C=O) groups excluding carboxylic acids is 2. The Bertz CT molecular complexity index is 1970. The maximum atomic E-state index is 13.5.